The molecule has 0 bridgehead atoms. The summed E-state index contributed by atoms with van der Waals surface area (Å²) in [5.41, 5.74) is 0.612. The van der Waals surface area contributed by atoms with Crippen molar-refractivity contribution < 1.29 is 4.74 Å². The summed E-state index contributed by atoms with van der Waals surface area (Å²) in [6.45, 7) is 5.60. The second kappa shape index (κ2) is 8.93. The molecule has 1 saturated carbocycles. The van der Waals surface area contributed by atoms with Crippen molar-refractivity contribution >= 4 is 0 Å². The van der Waals surface area contributed by atoms with Gasteiger partial charge < -0.3 is 10.1 Å². The smallest absolute Gasteiger partial charge is 0.0462 e. The molecular weight excluding hydrogens is 210 g/mol. The van der Waals surface area contributed by atoms with Gasteiger partial charge in [0, 0.05) is 20.3 Å². The highest BCUT2D eigenvalue weighted by molar-refractivity contribution is 4.84. The van der Waals surface area contributed by atoms with Crippen molar-refractivity contribution in [2.45, 2.75) is 64.7 Å². The van der Waals surface area contributed by atoms with Gasteiger partial charge in [0.15, 0.2) is 0 Å². The summed E-state index contributed by atoms with van der Waals surface area (Å²) in [5, 5.41) is 3.66. The molecular formula is C15H31NO. The third-order valence-corrected chi connectivity index (χ3v) is 4.15. The van der Waals surface area contributed by atoms with E-state index < -0.39 is 0 Å². The zero-order valence-electron chi connectivity index (χ0n) is 11.9. The Morgan fingerprint density at radius 3 is 2.53 bits per heavy atom. The minimum Gasteiger partial charge on any atom is -0.385 e. The quantitative estimate of drug-likeness (QED) is 0.621. The average molecular weight is 241 g/mol. The van der Waals surface area contributed by atoms with Crippen LogP contribution in [0.5, 0.6) is 0 Å². The molecule has 0 aromatic heterocycles. The lowest BCUT2D eigenvalue weighted by atomic mass is 9.71. The van der Waals surface area contributed by atoms with Crippen LogP contribution in [0.4, 0.5) is 0 Å². The van der Waals surface area contributed by atoms with E-state index in [1.54, 1.807) is 7.11 Å². The molecule has 1 fully saturated rings. The van der Waals surface area contributed by atoms with Crippen molar-refractivity contribution in [1.29, 1.82) is 0 Å². The Labute approximate surface area is 108 Å². The monoisotopic (exact) mass is 241 g/mol. The molecule has 0 radical (unpaired) electrons. The fraction of sp³-hybridized carbons (Fsp3) is 1.00. The number of hydrogen-bond acceptors (Lipinski definition) is 2. The van der Waals surface area contributed by atoms with Gasteiger partial charge in [-0.1, -0.05) is 32.6 Å². The van der Waals surface area contributed by atoms with Crippen LogP contribution in [0.3, 0.4) is 0 Å². The highest BCUT2D eigenvalue weighted by atomic mass is 16.5. The first-order valence-electron chi connectivity index (χ1n) is 7.53. The number of rotatable bonds is 9. The summed E-state index contributed by atoms with van der Waals surface area (Å²) >= 11 is 0. The first-order chi connectivity index (χ1) is 8.33. The van der Waals surface area contributed by atoms with Gasteiger partial charge in [-0.15, -0.1) is 0 Å². The molecule has 0 amide bonds. The standard InChI is InChI=1S/C15H31NO/c1-3-12-16-14-15(9-5-4-6-10-15)11-7-8-13-17-2/h16H,3-14H2,1-2H3. The predicted octanol–water partition coefficient (Wildman–Crippen LogP) is 3.75. The van der Waals surface area contributed by atoms with Crippen LogP contribution in [0, 0.1) is 5.41 Å². The van der Waals surface area contributed by atoms with Gasteiger partial charge in [0.05, 0.1) is 0 Å². The molecule has 1 N–H and O–H groups in total. The van der Waals surface area contributed by atoms with Crippen LogP contribution in [-0.2, 0) is 4.74 Å². The summed E-state index contributed by atoms with van der Waals surface area (Å²) in [4.78, 5) is 0. The Balaban J connectivity index is 2.29. The molecule has 0 unspecified atom stereocenters. The molecule has 0 aromatic rings. The zero-order chi connectivity index (χ0) is 12.4. The summed E-state index contributed by atoms with van der Waals surface area (Å²) in [5.74, 6) is 0. The van der Waals surface area contributed by atoms with Crippen molar-refractivity contribution in [2.75, 3.05) is 26.8 Å². The van der Waals surface area contributed by atoms with E-state index in [2.05, 4.69) is 12.2 Å². The molecule has 0 aromatic carbocycles. The normalized spacial score (nSPS) is 19.4. The Morgan fingerprint density at radius 1 is 1.12 bits per heavy atom. The minimum absolute atomic E-state index is 0.612. The maximum Gasteiger partial charge on any atom is 0.0462 e. The van der Waals surface area contributed by atoms with Gasteiger partial charge in [-0.3, -0.25) is 0 Å². The molecule has 0 spiro atoms. The molecule has 0 atom stereocenters. The second-order valence-corrected chi connectivity index (χ2v) is 5.69. The van der Waals surface area contributed by atoms with E-state index in [9.17, 15) is 0 Å². The van der Waals surface area contributed by atoms with E-state index in [1.807, 2.05) is 0 Å². The van der Waals surface area contributed by atoms with Crippen LogP contribution in [0.2, 0.25) is 0 Å². The van der Waals surface area contributed by atoms with Crippen molar-refractivity contribution in [3.63, 3.8) is 0 Å². The second-order valence-electron chi connectivity index (χ2n) is 5.69. The third kappa shape index (κ3) is 5.87. The van der Waals surface area contributed by atoms with Gasteiger partial charge in [-0.25, -0.2) is 0 Å². The molecule has 1 aliphatic carbocycles. The van der Waals surface area contributed by atoms with E-state index in [4.69, 9.17) is 4.74 Å². The number of ether oxygens (including phenoxy) is 1. The molecule has 2 heteroatoms. The molecule has 102 valence electrons. The fourth-order valence-electron chi connectivity index (χ4n) is 3.09. The molecule has 0 heterocycles. The maximum absolute atomic E-state index is 5.15. The molecule has 0 aliphatic heterocycles. The van der Waals surface area contributed by atoms with E-state index in [0.29, 0.717) is 5.41 Å². The lowest BCUT2D eigenvalue weighted by Crippen LogP contribution is -2.36. The summed E-state index contributed by atoms with van der Waals surface area (Å²) in [6.07, 6.45) is 12.4. The Bertz CT molecular complexity index is 176. The Hall–Kier alpha value is -0.0800. The first-order valence-corrected chi connectivity index (χ1v) is 7.53. The largest absolute Gasteiger partial charge is 0.385 e. The summed E-state index contributed by atoms with van der Waals surface area (Å²) in [6, 6.07) is 0. The zero-order valence-corrected chi connectivity index (χ0v) is 11.9. The number of methoxy groups -OCH3 is 1. The highest BCUT2D eigenvalue weighted by Gasteiger charge is 2.30. The molecule has 1 rings (SSSR count). The van der Waals surface area contributed by atoms with Crippen LogP contribution in [0.25, 0.3) is 0 Å². The average Bonchev–Trinajstić information content (AvgIpc) is 2.36. The topological polar surface area (TPSA) is 21.3 Å². The minimum atomic E-state index is 0.612. The summed E-state index contributed by atoms with van der Waals surface area (Å²) < 4.78 is 5.15. The highest BCUT2D eigenvalue weighted by Crippen LogP contribution is 2.40. The lowest BCUT2D eigenvalue weighted by Gasteiger charge is -2.38. The molecule has 2 nitrogen and oxygen atoms in total. The Morgan fingerprint density at radius 2 is 1.88 bits per heavy atom. The van der Waals surface area contributed by atoms with Crippen molar-refractivity contribution in [3.05, 3.63) is 0 Å². The van der Waals surface area contributed by atoms with E-state index in [-0.39, 0.29) is 0 Å². The first kappa shape index (κ1) is 15.0. The van der Waals surface area contributed by atoms with Crippen molar-refractivity contribution in [2.24, 2.45) is 5.41 Å². The third-order valence-electron chi connectivity index (χ3n) is 4.15. The molecule has 17 heavy (non-hydrogen) atoms. The van der Waals surface area contributed by atoms with E-state index >= 15 is 0 Å². The van der Waals surface area contributed by atoms with Gasteiger partial charge in [-0.2, -0.15) is 0 Å². The van der Waals surface area contributed by atoms with E-state index in [1.165, 1.54) is 70.9 Å². The SMILES string of the molecule is CCCNCC1(CCCCOC)CCCCC1. The van der Waals surface area contributed by atoms with Gasteiger partial charge in [0.1, 0.15) is 0 Å². The number of hydrogen-bond donors (Lipinski definition) is 1. The van der Waals surface area contributed by atoms with Crippen molar-refractivity contribution in [3.8, 4) is 0 Å². The molecule has 0 saturated heterocycles. The Kier molecular flexibility index (Phi) is 7.87. The van der Waals surface area contributed by atoms with Crippen LogP contribution < -0.4 is 5.32 Å². The van der Waals surface area contributed by atoms with Crippen LogP contribution in [0.15, 0.2) is 0 Å². The van der Waals surface area contributed by atoms with E-state index in [0.717, 1.165) is 6.61 Å². The van der Waals surface area contributed by atoms with Crippen LogP contribution in [0.1, 0.15) is 64.7 Å². The van der Waals surface area contributed by atoms with Gasteiger partial charge in [0.2, 0.25) is 0 Å². The number of unbranched alkanes of at least 4 members (excludes halogenated alkanes) is 1. The summed E-state index contributed by atoms with van der Waals surface area (Å²) in [7, 11) is 1.80. The van der Waals surface area contributed by atoms with Crippen LogP contribution in [-0.4, -0.2) is 26.8 Å². The lowest BCUT2D eigenvalue weighted by molar-refractivity contribution is 0.147. The molecule has 1 aliphatic rings. The van der Waals surface area contributed by atoms with Gasteiger partial charge in [0.25, 0.3) is 0 Å². The maximum atomic E-state index is 5.15. The van der Waals surface area contributed by atoms with Gasteiger partial charge in [-0.05, 0) is 44.1 Å². The van der Waals surface area contributed by atoms with Gasteiger partial charge >= 0.3 is 0 Å². The predicted molar refractivity (Wildman–Crippen MR) is 74.4 cm³/mol. The fourth-order valence-corrected chi connectivity index (χ4v) is 3.09. The van der Waals surface area contributed by atoms with Crippen molar-refractivity contribution in [1.82, 2.24) is 5.32 Å². The van der Waals surface area contributed by atoms with Crippen LogP contribution >= 0.6 is 0 Å². The number of nitrogens with one attached hydrogen (secondary N) is 1.